The first-order chi connectivity index (χ1) is 49.8. The zero-order chi connectivity index (χ0) is 77.3. The van der Waals surface area contributed by atoms with Gasteiger partial charge in [-0.2, -0.15) is 0 Å². The molecule has 0 radical (unpaired) electrons. The molecule has 0 aromatic rings. The van der Waals surface area contributed by atoms with E-state index in [4.69, 9.17) is 66.3 Å². The molecule has 11 fully saturated rings. The average Bonchev–Trinajstić information content (AvgIpc) is 0.674. The minimum absolute atomic E-state index is 0.0266. The van der Waals surface area contributed by atoms with Gasteiger partial charge in [0.15, 0.2) is 37.7 Å². The summed E-state index contributed by atoms with van der Waals surface area (Å²) in [7, 11) is 0. The van der Waals surface area contributed by atoms with E-state index in [1.165, 1.54) is 20.8 Å². The van der Waals surface area contributed by atoms with E-state index in [1.54, 1.807) is 0 Å². The van der Waals surface area contributed by atoms with Crippen molar-refractivity contribution >= 4 is 5.97 Å². The van der Waals surface area contributed by atoms with E-state index in [1.807, 2.05) is 6.92 Å². The predicted octanol–water partition coefficient (Wildman–Crippen LogP) is -5.87. The van der Waals surface area contributed by atoms with Gasteiger partial charge in [0.2, 0.25) is 6.29 Å². The normalized spacial score (nSPS) is 55.5. The molecular formula is C71H116O35. The van der Waals surface area contributed by atoms with Gasteiger partial charge in [-0.15, -0.1) is 0 Å². The van der Waals surface area contributed by atoms with Crippen molar-refractivity contribution in [2.45, 2.75) is 341 Å². The summed E-state index contributed by atoms with van der Waals surface area (Å²) in [5, 5.41) is 220. The van der Waals surface area contributed by atoms with Gasteiger partial charge in [0.05, 0.1) is 62.9 Å². The molecular weight excluding hydrogens is 1410 g/mol. The number of allylic oxidation sites excluding steroid dienone is 2. The highest BCUT2D eigenvalue weighted by atomic mass is 16.8. The monoisotopic (exact) mass is 1530 g/mol. The average molecular weight is 1530 g/mol. The zero-order valence-electron chi connectivity index (χ0n) is 61.2. The Bertz CT molecular complexity index is 3010. The molecule has 7 saturated heterocycles. The fourth-order valence-corrected chi connectivity index (χ4v) is 20.4. The third kappa shape index (κ3) is 14.5. The van der Waals surface area contributed by atoms with Gasteiger partial charge in [-0.1, -0.05) is 53.2 Å². The summed E-state index contributed by atoms with van der Waals surface area (Å²) < 4.78 is 84.4. The van der Waals surface area contributed by atoms with Crippen molar-refractivity contribution in [3.63, 3.8) is 0 Å². The molecule has 12 aliphatic rings. The van der Waals surface area contributed by atoms with Gasteiger partial charge in [-0.25, -0.2) is 0 Å². The first-order valence-electron chi connectivity index (χ1n) is 37.5. The van der Waals surface area contributed by atoms with Crippen LogP contribution in [0.15, 0.2) is 11.6 Å². The van der Waals surface area contributed by atoms with Gasteiger partial charge in [-0.3, -0.25) is 4.79 Å². The topological polar surface area (TPSA) is 551 Å². The van der Waals surface area contributed by atoms with E-state index >= 15 is 4.79 Å². The standard InChI is InChI=1S/C71H116O35/c1-26-38(76)44(82)48(86)58(95-26)102-54-33(22-73)99-63(57(52(54)90)105-59-49(87)45(83)39(77)27(2)96-59)94-24-34-43(81)47(85)51(89)61(100-34)106-65(92)71-18-16-66(4,5)20-30(71)29-10-11-36-67(6)14-13-37(68(7,25-74)35(67)12-15-70(36,9)69(29,8)17-19-71)101-64-56(41(79)31(75)23-93-64)104-62-53(91)55(40(78)28(3)97-62)103-60-50(88)46(84)42(80)32(21-72)98-60/h10,26-28,30-64,72-91H,11-25H2,1-9H3/t26-,27+,28-,30-,31-,32+,33+,34+,35+,36+,37-,38-,39+,40-,41-,42+,43+,44+,45-,46-,47-,48+,49+,50+,51+,52-,53+,54+,55+,56+,57+,58-,59-,60-,61-,62-,63+,64-,67-,68-,69+,70+,71-/m0/s1. The van der Waals surface area contributed by atoms with Crippen LogP contribution >= 0.6 is 0 Å². The number of esters is 1. The molecule has 0 amide bonds. The maximum Gasteiger partial charge on any atom is 0.315 e. The molecule has 12 rings (SSSR count). The summed E-state index contributed by atoms with van der Waals surface area (Å²) in [4.78, 5) is 15.6. The Morgan fingerprint density at radius 3 is 1.55 bits per heavy atom. The Kier molecular flexibility index (Phi) is 24.8. The Labute approximate surface area is 613 Å². The molecule has 0 bridgehead atoms. The minimum Gasteiger partial charge on any atom is -0.432 e. The second-order valence-electron chi connectivity index (χ2n) is 34.1. The molecule has 610 valence electrons. The van der Waals surface area contributed by atoms with Crippen molar-refractivity contribution in [3.05, 3.63) is 11.6 Å². The first kappa shape index (κ1) is 83.3. The second kappa shape index (κ2) is 31.6. The maximum atomic E-state index is 15.6. The van der Waals surface area contributed by atoms with Crippen molar-refractivity contribution in [1.29, 1.82) is 0 Å². The largest absolute Gasteiger partial charge is 0.432 e. The lowest BCUT2D eigenvalue weighted by molar-refractivity contribution is -0.388. The van der Waals surface area contributed by atoms with Crippen molar-refractivity contribution in [3.8, 4) is 0 Å². The van der Waals surface area contributed by atoms with Gasteiger partial charge < -0.3 is 168 Å². The Hall–Kier alpha value is -2.11. The van der Waals surface area contributed by atoms with Crippen LogP contribution < -0.4 is 0 Å². The summed E-state index contributed by atoms with van der Waals surface area (Å²) >= 11 is 0. The summed E-state index contributed by atoms with van der Waals surface area (Å²) in [5.41, 5.74) is -2.59. The van der Waals surface area contributed by atoms with Gasteiger partial charge in [-0.05, 0) is 124 Å². The Balaban J connectivity index is 0.743. The maximum absolute atomic E-state index is 15.6. The van der Waals surface area contributed by atoms with Gasteiger partial charge >= 0.3 is 5.97 Å². The molecule has 106 heavy (non-hydrogen) atoms. The predicted molar refractivity (Wildman–Crippen MR) is 352 cm³/mol. The SMILES string of the molecule is C[C@@H]1O[C@@H](O[C@H]2[C@H](O)[C@@H](O[C@@H]3O[C@H](C)[C@@H](O)[C@H](O)[C@H]3O)[C@H](OC[C@H]3O[C@@H](OC(=O)[C@]45CCC(C)(C)C[C@H]4C4=CC[C@@H]6[C@@]7(C)CC[C@H](O[C@@H]8OC[C@H](O)[C@H](O)[C@H]8O[C@@H]8O[C@@H](C)[C@H](O)[C@@H](O[C@@H]9O[C@H](CO)[C@@H](O)[C@H](O)[C@H]9O)[C@H]8O)[C@@](C)(CO)[C@@H]7CC[C@@]6(C)[C@]4(C)CC5)[C@H](O)[C@@H](O)[C@@H]3O)O[C@@H]2CO)[C@H](O)[C@H](O)[C@H]1O. The summed E-state index contributed by atoms with van der Waals surface area (Å²) in [5.74, 6) is -1.22. The lowest BCUT2D eigenvalue weighted by Gasteiger charge is -2.71. The molecule has 0 unspecified atom stereocenters. The molecule has 20 N–H and O–H groups in total. The molecule has 4 saturated carbocycles. The van der Waals surface area contributed by atoms with Crippen LogP contribution in [0.4, 0.5) is 0 Å². The van der Waals surface area contributed by atoms with E-state index in [9.17, 15) is 102 Å². The number of fused-ring (bicyclic) bond motifs is 7. The van der Waals surface area contributed by atoms with E-state index in [0.29, 0.717) is 64.2 Å². The van der Waals surface area contributed by atoms with Gasteiger partial charge in [0.1, 0.15) is 146 Å². The highest BCUT2D eigenvalue weighted by Crippen LogP contribution is 2.76. The molecule has 35 heteroatoms. The summed E-state index contributed by atoms with van der Waals surface area (Å²) in [6.45, 7) is 14.2. The highest BCUT2D eigenvalue weighted by molar-refractivity contribution is 5.79. The lowest BCUT2D eigenvalue weighted by atomic mass is 9.33. The third-order valence-corrected chi connectivity index (χ3v) is 27.4. The molecule has 0 aromatic carbocycles. The fraction of sp³-hybridized carbons (Fsp3) is 0.958. The molecule has 7 heterocycles. The van der Waals surface area contributed by atoms with Gasteiger partial charge in [0, 0.05) is 5.41 Å². The molecule has 0 aromatic heterocycles. The van der Waals surface area contributed by atoms with Crippen LogP contribution in [0.1, 0.15) is 127 Å². The highest BCUT2D eigenvalue weighted by Gasteiger charge is 2.71. The molecule has 7 aliphatic heterocycles. The third-order valence-electron chi connectivity index (χ3n) is 27.4. The van der Waals surface area contributed by atoms with E-state index in [-0.39, 0.29) is 41.8 Å². The van der Waals surface area contributed by atoms with Crippen molar-refractivity contribution < 1.29 is 173 Å². The van der Waals surface area contributed by atoms with Crippen LogP contribution in [0, 0.1) is 50.2 Å². The van der Waals surface area contributed by atoms with Crippen LogP contribution in [0.2, 0.25) is 0 Å². The Morgan fingerprint density at radius 1 is 0.453 bits per heavy atom. The molecule has 0 spiro atoms. The molecule has 5 aliphatic carbocycles. The van der Waals surface area contributed by atoms with Crippen molar-refractivity contribution in [1.82, 2.24) is 0 Å². The quantitative estimate of drug-likeness (QED) is 0.0345. The van der Waals surface area contributed by atoms with Crippen LogP contribution in [-0.4, -0.2) is 356 Å². The van der Waals surface area contributed by atoms with E-state index in [0.717, 1.165) is 5.57 Å². The molecule has 35 nitrogen and oxygen atoms in total. The second-order valence-corrected chi connectivity index (χ2v) is 34.1. The van der Waals surface area contributed by atoms with E-state index in [2.05, 4.69) is 40.7 Å². The summed E-state index contributed by atoms with van der Waals surface area (Å²) in [6, 6.07) is 0. The van der Waals surface area contributed by atoms with Crippen molar-refractivity contribution in [2.24, 2.45) is 50.2 Å². The number of hydrogen-bond acceptors (Lipinski definition) is 35. The first-order valence-corrected chi connectivity index (χ1v) is 37.5. The zero-order valence-corrected chi connectivity index (χ0v) is 61.2. The summed E-state index contributed by atoms with van der Waals surface area (Å²) in [6.07, 6.45) is -50.5. The number of ether oxygens (including phenoxy) is 14. The Morgan fingerprint density at radius 2 is 0.953 bits per heavy atom. The van der Waals surface area contributed by atoms with Crippen LogP contribution in [-0.2, 0) is 71.1 Å². The minimum atomic E-state index is -2.01. The number of carbonyl (C=O) groups excluding carboxylic acids is 1. The van der Waals surface area contributed by atoms with Crippen molar-refractivity contribution in [2.75, 3.05) is 33.0 Å². The fourth-order valence-electron chi connectivity index (χ4n) is 20.4. The van der Waals surface area contributed by atoms with Gasteiger partial charge in [0.25, 0.3) is 0 Å². The number of rotatable bonds is 18. The smallest absolute Gasteiger partial charge is 0.315 e. The van der Waals surface area contributed by atoms with Crippen LogP contribution in [0.5, 0.6) is 0 Å². The number of carbonyl (C=O) groups is 1. The van der Waals surface area contributed by atoms with Crippen LogP contribution in [0.25, 0.3) is 0 Å². The molecule has 43 atom stereocenters. The number of aliphatic hydroxyl groups excluding tert-OH is 20. The van der Waals surface area contributed by atoms with E-state index < -0.39 is 262 Å². The number of hydrogen-bond donors (Lipinski definition) is 20. The number of aliphatic hydroxyl groups is 20. The van der Waals surface area contributed by atoms with Crippen LogP contribution in [0.3, 0.4) is 0 Å². The lowest BCUT2D eigenvalue weighted by Crippen LogP contribution is -2.67.